The molecule has 10 heteroatoms. The number of hydrazone groups is 1. The van der Waals surface area contributed by atoms with Crippen molar-refractivity contribution >= 4 is 29.1 Å². The summed E-state index contributed by atoms with van der Waals surface area (Å²) in [6.07, 6.45) is 2.48. The lowest BCUT2D eigenvalue weighted by molar-refractivity contribution is -0.385. The molecule has 0 atom stereocenters. The van der Waals surface area contributed by atoms with Gasteiger partial charge in [0.15, 0.2) is 5.13 Å². The quantitative estimate of drug-likeness (QED) is 0.513. The molecule has 1 amide bonds. The van der Waals surface area contributed by atoms with Gasteiger partial charge in [0.25, 0.3) is 5.91 Å². The van der Waals surface area contributed by atoms with E-state index in [0.717, 1.165) is 16.0 Å². The van der Waals surface area contributed by atoms with Crippen molar-refractivity contribution in [3.05, 3.63) is 44.1 Å². The average Bonchev–Trinajstić information content (AvgIpc) is 2.96. The molecule has 1 N–H and O–H groups in total. The molecule has 2 rings (SSSR count). The van der Waals surface area contributed by atoms with E-state index in [4.69, 9.17) is 0 Å². The maximum absolute atomic E-state index is 12.7. The van der Waals surface area contributed by atoms with Gasteiger partial charge in [0.1, 0.15) is 18.4 Å². The Morgan fingerprint density at radius 3 is 3.00 bits per heavy atom. The van der Waals surface area contributed by atoms with Gasteiger partial charge in [0.2, 0.25) is 0 Å². The molecule has 0 aliphatic carbocycles. The minimum absolute atomic E-state index is 0.152. The Labute approximate surface area is 122 Å². The van der Waals surface area contributed by atoms with Gasteiger partial charge in [-0.25, -0.2) is 5.43 Å². The Morgan fingerprint density at radius 2 is 2.43 bits per heavy atom. The van der Waals surface area contributed by atoms with Crippen LogP contribution in [0.2, 0.25) is 0 Å². The Kier molecular flexibility index (Phi) is 4.38. The van der Waals surface area contributed by atoms with Crippen molar-refractivity contribution < 1.29 is 14.1 Å². The van der Waals surface area contributed by atoms with Crippen LogP contribution in [0.1, 0.15) is 10.6 Å². The highest BCUT2D eigenvalue weighted by Crippen LogP contribution is 2.14. The molecule has 2 aromatic rings. The molecule has 0 saturated heterocycles. The zero-order valence-electron chi connectivity index (χ0n) is 10.8. The standard InChI is InChI=1S/C11H10FN5O3S/c1-7-9(17(19)20)5-16(15-7)6-11(18)14-13-4-8-2-3-10(12)21-8/h2-5H,6H2,1H3,(H,14,18). The van der Waals surface area contributed by atoms with Crippen molar-refractivity contribution in [1.82, 2.24) is 15.2 Å². The number of nitrogens with zero attached hydrogens (tertiary/aromatic N) is 4. The van der Waals surface area contributed by atoms with Crippen molar-refractivity contribution in [2.45, 2.75) is 13.5 Å². The second kappa shape index (κ2) is 6.22. The van der Waals surface area contributed by atoms with E-state index >= 15 is 0 Å². The van der Waals surface area contributed by atoms with Crippen LogP contribution in [0.5, 0.6) is 0 Å². The predicted octanol–water partition coefficient (Wildman–Crippen LogP) is 1.45. The number of hydrogen-bond acceptors (Lipinski definition) is 6. The molecule has 21 heavy (non-hydrogen) atoms. The summed E-state index contributed by atoms with van der Waals surface area (Å²) in [5, 5.41) is 17.8. The van der Waals surface area contributed by atoms with E-state index in [2.05, 4.69) is 15.6 Å². The van der Waals surface area contributed by atoms with E-state index < -0.39 is 10.8 Å². The Balaban J connectivity index is 1.91. The number of hydrogen-bond donors (Lipinski definition) is 1. The number of nitrogens with one attached hydrogen (secondary N) is 1. The monoisotopic (exact) mass is 311 g/mol. The molecule has 0 unspecified atom stereocenters. The minimum atomic E-state index is -0.569. The zero-order valence-corrected chi connectivity index (χ0v) is 11.6. The molecule has 0 saturated carbocycles. The third-order valence-corrected chi connectivity index (χ3v) is 3.21. The molecule has 0 fully saturated rings. The molecule has 0 spiro atoms. The highest BCUT2D eigenvalue weighted by atomic mass is 32.1. The number of halogens is 1. The van der Waals surface area contributed by atoms with Crippen LogP contribution in [0.3, 0.4) is 0 Å². The van der Waals surface area contributed by atoms with Crippen molar-refractivity contribution in [2.24, 2.45) is 5.10 Å². The lowest BCUT2D eigenvalue weighted by Crippen LogP contribution is -2.23. The molecule has 8 nitrogen and oxygen atoms in total. The zero-order chi connectivity index (χ0) is 15.4. The second-order valence-electron chi connectivity index (χ2n) is 3.99. The number of aryl methyl sites for hydroxylation is 1. The smallest absolute Gasteiger partial charge is 0.271 e. The number of thiophene rings is 1. The lowest BCUT2D eigenvalue weighted by atomic mass is 10.4. The van der Waals surface area contributed by atoms with E-state index in [0.29, 0.717) is 4.88 Å². The van der Waals surface area contributed by atoms with Gasteiger partial charge in [-0.05, 0) is 19.1 Å². The molecular weight excluding hydrogens is 301 g/mol. The fourth-order valence-corrected chi connectivity index (χ4v) is 2.12. The predicted molar refractivity (Wildman–Crippen MR) is 73.6 cm³/mol. The molecule has 0 aliphatic heterocycles. The lowest BCUT2D eigenvalue weighted by Gasteiger charge is -1.98. The van der Waals surface area contributed by atoms with Crippen LogP contribution in [-0.4, -0.2) is 26.8 Å². The van der Waals surface area contributed by atoms with Gasteiger partial charge in [-0.1, -0.05) is 0 Å². The highest BCUT2D eigenvalue weighted by molar-refractivity contribution is 7.12. The molecule has 110 valence electrons. The first kappa shape index (κ1) is 14.8. The Morgan fingerprint density at radius 1 is 1.67 bits per heavy atom. The summed E-state index contributed by atoms with van der Waals surface area (Å²) >= 11 is 0.892. The van der Waals surface area contributed by atoms with Crippen LogP contribution < -0.4 is 5.43 Å². The van der Waals surface area contributed by atoms with E-state index in [1.165, 1.54) is 31.5 Å². The topological polar surface area (TPSA) is 102 Å². The first-order valence-electron chi connectivity index (χ1n) is 5.71. The van der Waals surface area contributed by atoms with Gasteiger partial charge in [-0.2, -0.15) is 14.6 Å². The number of amides is 1. The Hall–Kier alpha value is -2.62. The maximum Gasteiger partial charge on any atom is 0.309 e. The number of carbonyl (C=O) groups excluding carboxylic acids is 1. The van der Waals surface area contributed by atoms with Gasteiger partial charge in [-0.15, -0.1) is 11.3 Å². The molecule has 0 bridgehead atoms. The summed E-state index contributed by atoms with van der Waals surface area (Å²) in [6, 6.07) is 2.81. The molecule has 0 aliphatic rings. The van der Waals surface area contributed by atoms with Crippen LogP contribution >= 0.6 is 11.3 Å². The summed E-state index contributed by atoms with van der Waals surface area (Å²) in [5.41, 5.74) is 2.31. The van der Waals surface area contributed by atoms with Crippen LogP contribution in [0, 0.1) is 22.2 Å². The average molecular weight is 311 g/mol. The molecule has 0 aromatic carbocycles. The number of nitro groups is 1. The van der Waals surface area contributed by atoms with Crippen LogP contribution in [0.25, 0.3) is 0 Å². The first-order valence-corrected chi connectivity index (χ1v) is 6.53. The largest absolute Gasteiger partial charge is 0.309 e. The normalized spacial score (nSPS) is 11.0. The summed E-state index contributed by atoms with van der Waals surface area (Å²) < 4.78 is 13.9. The molecule has 2 heterocycles. The highest BCUT2D eigenvalue weighted by Gasteiger charge is 2.16. The third-order valence-electron chi connectivity index (χ3n) is 2.40. The fraction of sp³-hybridized carbons (Fsp3) is 0.182. The summed E-state index contributed by atoms with van der Waals surface area (Å²) in [5.74, 6) is -0.499. The molecular formula is C11H10FN5O3S. The SMILES string of the molecule is Cc1nn(CC(=O)NN=Cc2ccc(F)s2)cc1[N+](=O)[O-]. The molecule has 0 radical (unpaired) electrons. The van der Waals surface area contributed by atoms with E-state index in [9.17, 15) is 19.3 Å². The van der Waals surface area contributed by atoms with Crippen LogP contribution in [0.4, 0.5) is 10.1 Å². The van der Waals surface area contributed by atoms with Crippen LogP contribution in [-0.2, 0) is 11.3 Å². The van der Waals surface area contributed by atoms with Crippen molar-refractivity contribution in [3.8, 4) is 0 Å². The number of rotatable bonds is 5. The van der Waals surface area contributed by atoms with E-state index in [1.54, 1.807) is 0 Å². The fourth-order valence-electron chi connectivity index (χ4n) is 1.52. The minimum Gasteiger partial charge on any atom is -0.271 e. The van der Waals surface area contributed by atoms with Crippen molar-refractivity contribution in [3.63, 3.8) is 0 Å². The van der Waals surface area contributed by atoms with Gasteiger partial charge in [0.05, 0.1) is 16.0 Å². The van der Waals surface area contributed by atoms with E-state index in [-0.39, 0.29) is 23.1 Å². The number of aromatic nitrogens is 2. The summed E-state index contributed by atoms with van der Waals surface area (Å²) in [4.78, 5) is 22.2. The second-order valence-corrected chi connectivity index (χ2v) is 5.06. The van der Waals surface area contributed by atoms with Crippen LogP contribution in [0.15, 0.2) is 23.4 Å². The van der Waals surface area contributed by atoms with Gasteiger partial charge < -0.3 is 0 Å². The Bertz CT molecular complexity index is 709. The third kappa shape index (κ3) is 3.92. The van der Waals surface area contributed by atoms with Gasteiger partial charge >= 0.3 is 5.69 Å². The first-order chi connectivity index (χ1) is 9.95. The van der Waals surface area contributed by atoms with Crippen molar-refractivity contribution in [1.29, 1.82) is 0 Å². The van der Waals surface area contributed by atoms with Gasteiger partial charge in [0, 0.05) is 0 Å². The van der Waals surface area contributed by atoms with E-state index in [1.807, 2.05) is 0 Å². The molecule has 2 aromatic heterocycles. The summed E-state index contributed by atoms with van der Waals surface area (Å²) in [6.45, 7) is 1.28. The van der Waals surface area contributed by atoms with Gasteiger partial charge in [-0.3, -0.25) is 19.6 Å². The number of carbonyl (C=O) groups is 1. The maximum atomic E-state index is 12.7. The van der Waals surface area contributed by atoms with Crippen molar-refractivity contribution in [2.75, 3.05) is 0 Å². The summed E-state index contributed by atoms with van der Waals surface area (Å²) in [7, 11) is 0.